The number of carbonyl (C=O) groups is 3. The van der Waals surface area contributed by atoms with Crippen LogP contribution in [0.5, 0.6) is 0 Å². The van der Waals surface area contributed by atoms with Crippen LogP contribution in [0.3, 0.4) is 0 Å². The van der Waals surface area contributed by atoms with Crippen LogP contribution in [-0.2, 0) is 14.4 Å². The van der Waals surface area contributed by atoms with Gasteiger partial charge in [-0.25, -0.2) is 0 Å². The molecule has 0 aromatic carbocycles. The minimum absolute atomic E-state index is 0.0261. The van der Waals surface area contributed by atoms with Gasteiger partial charge in [0.1, 0.15) is 0 Å². The number of nitrogens with zero attached hydrogens (tertiary/aromatic N) is 1. The topological polar surface area (TPSA) is 105 Å². The first kappa shape index (κ1) is 14.4. The highest BCUT2D eigenvalue weighted by Crippen LogP contribution is 2.15. The Morgan fingerprint density at radius 2 is 1.89 bits per heavy atom. The normalized spacial score (nSPS) is 18.6. The molecular formula is C11H20N4O3. The van der Waals surface area contributed by atoms with Crippen LogP contribution in [0.15, 0.2) is 0 Å². The fourth-order valence-electron chi connectivity index (χ4n) is 1.89. The van der Waals surface area contributed by atoms with Gasteiger partial charge in [-0.05, 0) is 19.8 Å². The van der Waals surface area contributed by atoms with Gasteiger partial charge in [0.05, 0.1) is 19.6 Å². The van der Waals surface area contributed by atoms with E-state index in [0.29, 0.717) is 0 Å². The number of likely N-dealkylation sites (tertiary alicyclic amines) is 1. The van der Waals surface area contributed by atoms with Crippen molar-refractivity contribution in [1.82, 2.24) is 15.5 Å². The van der Waals surface area contributed by atoms with Crippen LogP contribution in [-0.4, -0.2) is 54.8 Å². The summed E-state index contributed by atoms with van der Waals surface area (Å²) in [5, 5.41) is 4.81. The van der Waals surface area contributed by atoms with Crippen molar-refractivity contribution >= 4 is 17.7 Å². The monoisotopic (exact) mass is 256 g/mol. The second kappa shape index (κ2) is 6.95. The predicted octanol–water partition coefficient (Wildman–Crippen LogP) is -1.81. The molecule has 0 saturated carbocycles. The van der Waals surface area contributed by atoms with E-state index in [4.69, 9.17) is 5.73 Å². The molecule has 1 unspecified atom stereocenters. The Bertz CT molecular complexity index is 332. The van der Waals surface area contributed by atoms with E-state index in [1.165, 1.54) is 0 Å². The Morgan fingerprint density at radius 3 is 2.44 bits per heavy atom. The fourth-order valence-corrected chi connectivity index (χ4v) is 1.89. The zero-order valence-electron chi connectivity index (χ0n) is 10.6. The van der Waals surface area contributed by atoms with Crippen molar-refractivity contribution in [3.63, 3.8) is 0 Å². The molecule has 0 spiro atoms. The lowest BCUT2D eigenvalue weighted by molar-refractivity contribution is -0.133. The van der Waals surface area contributed by atoms with Crippen LogP contribution in [0.4, 0.5) is 0 Å². The second-order valence-corrected chi connectivity index (χ2v) is 4.34. The summed E-state index contributed by atoms with van der Waals surface area (Å²) in [6.07, 6.45) is 2.01. The number of amides is 3. The van der Waals surface area contributed by atoms with E-state index in [0.717, 1.165) is 19.4 Å². The number of rotatable bonds is 5. The molecule has 0 radical (unpaired) electrons. The van der Waals surface area contributed by atoms with Gasteiger partial charge in [0, 0.05) is 12.6 Å². The molecule has 0 bridgehead atoms. The molecular weight excluding hydrogens is 236 g/mol. The lowest BCUT2D eigenvalue weighted by atomic mass is 10.2. The van der Waals surface area contributed by atoms with Gasteiger partial charge in [-0.15, -0.1) is 0 Å². The minimum atomic E-state index is -0.398. The molecule has 1 fully saturated rings. The lowest BCUT2D eigenvalue weighted by Crippen LogP contribution is -2.45. The summed E-state index contributed by atoms with van der Waals surface area (Å²) in [7, 11) is 0. The van der Waals surface area contributed by atoms with Crippen LogP contribution >= 0.6 is 0 Å². The zero-order chi connectivity index (χ0) is 13.5. The first-order valence-electron chi connectivity index (χ1n) is 6.07. The Morgan fingerprint density at radius 1 is 1.22 bits per heavy atom. The Hall–Kier alpha value is -1.63. The van der Waals surface area contributed by atoms with Crippen molar-refractivity contribution in [2.45, 2.75) is 25.8 Å². The van der Waals surface area contributed by atoms with Crippen LogP contribution in [0, 0.1) is 0 Å². The SMILES string of the molecule is CC1CCCN1C(=O)CNC(=O)CNC(=O)CN. The molecule has 1 aliphatic rings. The van der Waals surface area contributed by atoms with Gasteiger partial charge >= 0.3 is 0 Å². The van der Waals surface area contributed by atoms with Crippen molar-refractivity contribution in [2.24, 2.45) is 5.73 Å². The van der Waals surface area contributed by atoms with Gasteiger partial charge in [-0.2, -0.15) is 0 Å². The molecule has 1 aliphatic heterocycles. The fraction of sp³-hybridized carbons (Fsp3) is 0.727. The summed E-state index contributed by atoms with van der Waals surface area (Å²) >= 11 is 0. The van der Waals surface area contributed by atoms with Crippen molar-refractivity contribution in [1.29, 1.82) is 0 Å². The Labute approximate surface area is 106 Å². The first-order valence-corrected chi connectivity index (χ1v) is 6.07. The van der Waals surface area contributed by atoms with E-state index in [1.807, 2.05) is 6.92 Å². The lowest BCUT2D eigenvalue weighted by Gasteiger charge is -2.21. The van der Waals surface area contributed by atoms with E-state index < -0.39 is 11.8 Å². The van der Waals surface area contributed by atoms with Crippen molar-refractivity contribution < 1.29 is 14.4 Å². The molecule has 7 nitrogen and oxygen atoms in total. The molecule has 1 saturated heterocycles. The number of nitrogens with two attached hydrogens (primary N) is 1. The van der Waals surface area contributed by atoms with Crippen molar-refractivity contribution in [2.75, 3.05) is 26.2 Å². The zero-order valence-corrected chi connectivity index (χ0v) is 10.6. The summed E-state index contributed by atoms with van der Waals surface area (Å²) in [4.78, 5) is 35.7. The molecule has 102 valence electrons. The molecule has 18 heavy (non-hydrogen) atoms. The average Bonchev–Trinajstić information content (AvgIpc) is 2.79. The minimum Gasteiger partial charge on any atom is -0.346 e. The molecule has 0 aromatic rings. The maximum atomic E-state index is 11.8. The third-order valence-corrected chi connectivity index (χ3v) is 2.94. The maximum absolute atomic E-state index is 11.8. The van der Waals surface area contributed by atoms with Crippen LogP contribution in [0.1, 0.15) is 19.8 Å². The summed E-state index contributed by atoms with van der Waals surface area (Å²) in [6.45, 7) is 2.41. The van der Waals surface area contributed by atoms with Gasteiger partial charge in [0.25, 0.3) is 0 Å². The van der Waals surface area contributed by atoms with Gasteiger partial charge in [-0.3, -0.25) is 14.4 Å². The first-order chi connectivity index (χ1) is 8.54. The van der Waals surface area contributed by atoms with Crippen molar-refractivity contribution in [3.05, 3.63) is 0 Å². The molecule has 1 heterocycles. The van der Waals surface area contributed by atoms with E-state index in [9.17, 15) is 14.4 Å². The standard InChI is InChI=1S/C11H20N4O3/c1-8-3-2-4-15(8)11(18)7-14-10(17)6-13-9(16)5-12/h8H,2-7,12H2,1H3,(H,13,16)(H,14,17). The third-order valence-electron chi connectivity index (χ3n) is 2.94. The third kappa shape index (κ3) is 4.33. The van der Waals surface area contributed by atoms with Crippen LogP contribution in [0.25, 0.3) is 0 Å². The Kier molecular flexibility index (Phi) is 5.57. The predicted molar refractivity (Wildman–Crippen MR) is 65.5 cm³/mol. The van der Waals surface area contributed by atoms with Gasteiger partial charge in [0.15, 0.2) is 0 Å². The summed E-state index contributed by atoms with van der Waals surface area (Å²) in [6, 6.07) is 0.242. The number of hydrogen-bond donors (Lipinski definition) is 3. The molecule has 1 atom stereocenters. The second-order valence-electron chi connectivity index (χ2n) is 4.34. The molecule has 0 aromatic heterocycles. The van der Waals surface area contributed by atoms with Gasteiger partial charge in [0.2, 0.25) is 17.7 Å². The summed E-state index contributed by atoms with van der Waals surface area (Å²) in [5.74, 6) is -0.875. The number of nitrogens with one attached hydrogen (secondary N) is 2. The summed E-state index contributed by atoms with van der Waals surface area (Å²) in [5.41, 5.74) is 5.07. The molecule has 1 rings (SSSR count). The van der Waals surface area contributed by atoms with Crippen LogP contribution < -0.4 is 16.4 Å². The number of hydrogen-bond acceptors (Lipinski definition) is 4. The van der Waals surface area contributed by atoms with Crippen LogP contribution in [0.2, 0.25) is 0 Å². The molecule has 7 heteroatoms. The molecule has 4 N–H and O–H groups in total. The average molecular weight is 256 g/mol. The van der Waals surface area contributed by atoms with Gasteiger partial charge in [-0.1, -0.05) is 0 Å². The highest BCUT2D eigenvalue weighted by Gasteiger charge is 2.24. The van der Waals surface area contributed by atoms with E-state index in [1.54, 1.807) is 4.90 Å². The molecule has 3 amide bonds. The summed E-state index contributed by atoms with van der Waals surface area (Å²) < 4.78 is 0. The van der Waals surface area contributed by atoms with Gasteiger partial charge < -0.3 is 21.3 Å². The number of carbonyl (C=O) groups excluding carboxylic acids is 3. The molecule has 0 aliphatic carbocycles. The smallest absolute Gasteiger partial charge is 0.242 e. The quantitative estimate of drug-likeness (QED) is 0.539. The highest BCUT2D eigenvalue weighted by molar-refractivity contribution is 5.88. The van der Waals surface area contributed by atoms with Crippen molar-refractivity contribution in [3.8, 4) is 0 Å². The largest absolute Gasteiger partial charge is 0.346 e. The van der Waals surface area contributed by atoms with E-state index in [2.05, 4.69) is 10.6 Å². The Balaban J connectivity index is 2.21. The maximum Gasteiger partial charge on any atom is 0.242 e. The highest BCUT2D eigenvalue weighted by atomic mass is 16.2. The van der Waals surface area contributed by atoms with E-state index in [-0.39, 0.29) is 31.6 Å². The van der Waals surface area contributed by atoms with E-state index >= 15 is 0 Å².